The molecule has 19 heavy (non-hydrogen) atoms. The zero-order valence-corrected chi connectivity index (χ0v) is 10.4. The SMILES string of the molecule is Nc1ccc(C(=O)Nc2cc(F)ccc2Cl)cc1O. The Kier molecular flexibility index (Phi) is 3.57. The second kappa shape index (κ2) is 5.16. The molecular weight excluding hydrogens is 271 g/mol. The lowest BCUT2D eigenvalue weighted by molar-refractivity contribution is 0.102. The Hall–Kier alpha value is -2.27. The van der Waals surface area contributed by atoms with Crippen LogP contribution in [0.15, 0.2) is 36.4 Å². The lowest BCUT2D eigenvalue weighted by Gasteiger charge is -2.08. The first-order chi connectivity index (χ1) is 8.97. The number of nitrogen functional groups attached to an aromatic ring is 1. The predicted molar refractivity (Wildman–Crippen MR) is 71.9 cm³/mol. The molecule has 0 aliphatic heterocycles. The van der Waals surface area contributed by atoms with Crippen LogP contribution in [0.4, 0.5) is 15.8 Å². The first-order valence-corrected chi connectivity index (χ1v) is 5.70. The molecule has 6 heteroatoms. The summed E-state index contributed by atoms with van der Waals surface area (Å²) in [5, 5.41) is 12.1. The Morgan fingerprint density at radius 1 is 1.26 bits per heavy atom. The van der Waals surface area contributed by atoms with Gasteiger partial charge in [0.25, 0.3) is 5.91 Å². The molecule has 0 saturated carbocycles. The van der Waals surface area contributed by atoms with Gasteiger partial charge in [0.15, 0.2) is 0 Å². The maximum atomic E-state index is 13.1. The van der Waals surface area contributed by atoms with Crippen LogP contribution in [0.1, 0.15) is 10.4 Å². The fourth-order valence-electron chi connectivity index (χ4n) is 1.47. The summed E-state index contributed by atoms with van der Waals surface area (Å²) in [7, 11) is 0. The minimum Gasteiger partial charge on any atom is -0.506 e. The Balaban J connectivity index is 2.25. The molecule has 0 fully saturated rings. The van der Waals surface area contributed by atoms with Gasteiger partial charge in [-0.3, -0.25) is 4.79 Å². The number of aromatic hydroxyl groups is 1. The van der Waals surface area contributed by atoms with E-state index in [0.717, 1.165) is 6.07 Å². The Labute approximate surface area is 113 Å². The molecule has 1 amide bonds. The number of anilines is 2. The first kappa shape index (κ1) is 13.2. The number of benzene rings is 2. The van der Waals surface area contributed by atoms with Crippen LogP contribution in [-0.4, -0.2) is 11.0 Å². The van der Waals surface area contributed by atoms with Crippen molar-refractivity contribution in [1.82, 2.24) is 0 Å². The standard InChI is InChI=1S/C13H10ClFN2O2/c14-9-3-2-8(15)6-11(9)17-13(19)7-1-4-10(16)12(18)5-7/h1-6,18H,16H2,(H,17,19). The minimum atomic E-state index is -0.525. The molecule has 2 aromatic carbocycles. The number of carbonyl (C=O) groups excluding carboxylic acids is 1. The number of hydrogen-bond acceptors (Lipinski definition) is 3. The lowest BCUT2D eigenvalue weighted by Crippen LogP contribution is -2.12. The Morgan fingerprint density at radius 2 is 2.00 bits per heavy atom. The lowest BCUT2D eigenvalue weighted by atomic mass is 10.1. The Morgan fingerprint density at radius 3 is 2.68 bits per heavy atom. The molecular formula is C13H10ClFN2O2. The third kappa shape index (κ3) is 2.95. The van der Waals surface area contributed by atoms with Crippen molar-refractivity contribution in [3.63, 3.8) is 0 Å². The number of carbonyl (C=O) groups is 1. The Bertz CT molecular complexity index is 647. The van der Waals surface area contributed by atoms with Crippen LogP contribution in [-0.2, 0) is 0 Å². The molecule has 0 aromatic heterocycles. The summed E-state index contributed by atoms with van der Waals surface area (Å²) in [5.74, 6) is -1.24. The summed E-state index contributed by atoms with van der Waals surface area (Å²) in [6.07, 6.45) is 0. The summed E-state index contributed by atoms with van der Waals surface area (Å²) < 4.78 is 13.1. The predicted octanol–water partition coefficient (Wildman–Crippen LogP) is 3.02. The number of nitrogens with two attached hydrogens (primary N) is 1. The zero-order chi connectivity index (χ0) is 14.0. The van der Waals surface area contributed by atoms with Crippen molar-refractivity contribution in [2.45, 2.75) is 0 Å². The van der Waals surface area contributed by atoms with Crippen molar-refractivity contribution in [3.05, 3.63) is 52.8 Å². The average molecular weight is 281 g/mol. The van der Waals surface area contributed by atoms with E-state index in [2.05, 4.69) is 5.32 Å². The van der Waals surface area contributed by atoms with Gasteiger partial charge >= 0.3 is 0 Å². The van der Waals surface area contributed by atoms with E-state index in [1.54, 1.807) is 0 Å². The van der Waals surface area contributed by atoms with Crippen molar-refractivity contribution in [1.29, 1.82) is 0 Å². The largest absolute Gasteiger partial charge is 0.506 e. The number of amides is 1. The number of halogens is 2. The fourth-order valence-corrected chi connectivity index (χ4v) is 1.64. The van der Waals surface area contributed by atoms with Crippen LogP contribution in [0.3, 0.4) is 0 Å². The monoisotopic (exact) mass is 280 g/mol. The molecule has 0 saturated heterocycles. The molecule has 0 bridgehead atoms. The maximum Gasteiger partial charge on any atom is 0.255 e. The molecule has 0 spiro atoms. The van der Waals surface area contributed by atoms with Crippen molar-refractivity contribution < 1.29 is 14.3 Å². The van der Waals surface area contributed by atoms with E-state index in [1.165, 1.54) is 30.3 Å². The second-order valence-electron chi connectivity index (χ2n) is 3.85. The molecule has 0 aliphatic carbocycles. The van der Waals surface area contributed by atoms with Gasteiger partial charge in [-0.1, -0.05) is 11.6 Å². The highest BCUT2D eigenvalue weighted by Gasteiger charge is 2.11. The van der Waals surface area contributed by atoms with E-state index in [1.807, 2.05) is 0 Å². The van der Waals surface area contributed by atoms with Gasteiger partial charge in [-0.15, -0.1) is 0 Å². The van der Waals surface area contributed by atoms with Gasteiger partial charge in [0.05, 0.1) is 16.4 Å². The van der Waals surface area contributed by atoms with Gasteiger partial charge in [-0.2, -0.15) is 0 Å². The molecule has 2 aromatic rings. The van der Waals surface area contributed by atoms with E-state index in [0.29, 0.717) is 0 Å². The molecule has 0 heterocycles. The van der Waals surface area contributed by atoms with E-state index < -0.39 is 11.7 Å². The van der Waals surface area contributed by atoms with E-state index >= 15 is 0 Å². The molecule has 4 N–H and O–H groups in total. The van der Waals surface area contributed by atoms with Crippen LogP contribution in [0.25, 0.3) is 0 Å². The molecule has 98 valence electrons. The minimum absolute atomic E-state index is 0.156. The summed E-state index contributed by atoms with van der Waals surface area (Å²) in [6.45, 7) is 0. The molecule has 0 unspecified atom stereocenters. The van der Waals surface area contributed by atoms with Gasteiger partial charge in [-0.25, -0.2) is 4.39 Å². The van der Waals surface area contributed by atoms with Gasteiger partial charge in [0, 0.05) is 5.56 Å². The second-order valence-corrected chi connectivity index (χ2v) is 4.26. The number of rotatable bonds is 2. The number of hydrogen-bond donors (Lipinski definition) is 3. The first-order valence-electron chi connectivity index (χ1n) is 5.32. The summed E-state index contributed by atoms with van der Waals surface area (Å²) in [6, 6.07) is 7.70. The van der Waals surface area contributed by atoms with Gasteiger partial charge < -0.3 is 16.2 Å². The summed E-state index contributed by atoms with van der Waals surface area (Å²) >= 11 is 5.83. The van der Waals surface area contributed by atoms with E-state index in [-0.39, 0.29) is 27.7 Å². The van der Waals surface area contributed by atoms with Crippen LogP contribution in [0.5, 0.6) is 5.75 Å². The highest BCUT2D eigenvalue weighted by molar-refractivity contribution is 6.33. The third-order valence-electron chi connectivity index (χ3n) is 2.47. The van der Waals surface area contributed by atoms with Crippen LogP contribution in [0.2, 0.25) is 5.02 Å². The number of phenols is 1. The van der Waals surface area contributed by atoms with Crippen molar-refractivity contribution in [2.75, 3.05) is 11.1 Å². The normalized spacial score (nSPS) is 10.2. The van der Waals surface area contributed by atoms with Gasteiger partial charge in [-0.05, 0) is 36.4 Å². The summed E-state index contributed by atoms with van der Waals surface area (Å²) in [4.78, 5) is 11.9. The molecule has 0 atom stereocenters. The van der Waals surface area contributed by atoms with E-state index in [9.17, 15) is 14.3 Å². The molecule has 4 nitrogen and oxygen atoms in total. The zero-order valence-electron chi connectivity index (χ0n) is 9.65. The van der Waals surface area contributed by atoms with Crippen molar-refractivity contribution in [2.24, 2.45) is 0 Å². The molecule has 0 aliphatic rings. The van der Waals surface area contributed by atoms with Crippen LogP contribution in [0, 0.1) is 5.82 Å². The highest BCUT2D eigenvalue weighted by atomic mass is 35.5. The maximum absolute atomic E-state index is 13.1. The fraction of sp³-hybridized carbons (Fsp3) is 0. The topological polar surface area (TPSA) is 75.4 Å². The molecule has 2 rings (SSSR count). The average Bonchev–Trinajstić information content (AvgIpc) is 2.37. The highest BCUT2D eigenvalue weighted by Crippen LogP contribution is 2.25. The van der Waals surface area contributed by atoms with Crippen molar-refractivity contribution >= 4 is 28.9 Å². The van der Waals surface area contributed by atoms with Gasteiger partial charge in [0.1, 0.15) is 11.6 Å². The van der Waals surface area contributed by atoms with E-state index in [4.69, 9.17) is 17.3 Å². The van der Waals surface area contributed by atoms with Crippen molar-refractivity contribution in [3.8, 4) is 5.75 Å². The van der Waals surface area contributed by atoms with Crippen LogP contribution >= 0.6 is 11.6 Å². The number of nitrogens with one attached hydrogen (secondary N) is 1. The number of phenolic OH excluding ortho intramolecular Hbond substituents is 1. The van der Waals surface area contributed by atoms with Gasteiger partial charge in [0.2, 0.25) is 0 Å². The third-order valence-corrected chi connectivity index (χ3v) is 2.80. The summed E-state index contributed by atoms with van der Waals surface area (Å²) in [5.41, 5.74) is 5.94. The quantitative estimate of drug-likeness (QED) is 0.585. The van der Waals surface area contributed by atoms with Crippen LogP contribution < -0.4 is 11.1 Å². The molecule has 0 radical (unpaired) electrons. The smallest absolute Gasteiger partial charge is 0.255 e.